The van der Waals surface area contributed by atoms with Gasteiger partial charge in [-0.25, -0.2) is 4.57 Å². The van der Waals surface area contributed by atoms with Crippen LogP contribution in [0.4, 0.5) is 0 Å². The normalized spacial score (nSPS) is 14.7. The molecule has 0 heterocycles. The Morgan fingerprint density at radius 2 is 1.04 bits per heavy atom. The molecule has 3 N–H and O–H groups in total. The van der Waals surface area contributed by atoms with Gasteiger partial charge in [-0.2, -0.15) is 0 Å². The molecule has 0 fully saturated rings. The SMILES string of the molecule is CCCCCCCCCCCCCCCCCC(O)C(COP(=O)(O)OCC[N+](C)(C)C)NC(=O)CCCCCCCCCCC. The van der Waals surface area contributed by atoms with Crippen LogP contribution in [0.25, 0.3) is 0 Å². The number of aliphatic hydroxyl groups excluding tert-OH is 1. The van der Waals surface area contributed by atoms with Crippen molar-refractivity contribution in [3.63, 3.8) is 0 Å². The zero-order chi connectivity index (χ0) is 34.4. The Morgan fingerprint density at radius 1 is 0.652 bits per heavy atom. The number of nitrogens with zero attached hydrogens (tertiary/aromatic N) is 1. The molecule has 0 aromatic carbocycles. The Balaban J connectivity index is 4.41. The number of nitrogens with one attached hydrogen (secondary N) is 1. The fourth-order valence-corrected chi connectivity index (χ4v) is 6.43. The summed E-state index contributed by atoms with van der Waals surface area (Å²) in [7, 11) is 1.62. The maximum Gasteiger partial charge on any atom is 0.472 e. The van der Waals surface area contributed by atoms with Gasteiger partial charge in [0, 0.05) is 6.42 Å². The van der Waals surface area contributed by atoms with Crippen LogP contribution in [-0.4, -0.2) is 73.4 Å². The number of amides is 1. The van der Waals surface area contributed by atoms with Crippen molar-refractivity contribution in [2.24, 2.45) is 0 Å². The second-order valence-electron chi connectivity index (χ2n) is 14.7. The second-order valence-corrected chi connectivity index (χ2v) is 16.1. The number of carbonyl (C=O) groups is 1. The molecule has 0 radical (unpaired) electrons. The first-order valence-electron chi connectivity index (χ1n) is 19.4. The van der Waals surface area contributed by atoms with Gasteiger partial charge in [0.15, 0.2) is 0 Å². The van der Waals surface area contributed by atoms with Crippen LogP contribution in [0.5, 0.6) is 0 Å². The van der Waals surface area contributed by atoms with Crippen molar-refractivity contribution >= 4 is 13.7 Å². The largest absolute Gasteiger partial charge is 0.472 e. The molecule has 46 heavy (non-hydrogen) atoms. The van der Waals surface area contributed by atoms with Gasteiger partial charge in [-0.1, -0.05) is 162 Å². The lowest BCUT2D eigenvalue weighted by molar-refractivity contribution is -0.870. The lowest BCUT2D eigenvalue weighted by Crippen LogP contribution is -2.46. The molecular formula is C37H78N2O6P+. The molecule has 1 amide bonds. The van der Waals surface area contributed by atoms with E-state index in [2.05, 4.69) is 19.2 Å². The van der Waals surface area contributed by atoms with E-state index in [-0.39, 0.29) is 19.1 Å². The Morgan fingerprint density at radius 3 is 1.46 bits per heavy atom. The molecule has 0 spiro atoms. The van der Waals surface area contributed by atoms with Gasteiger partial charge in [-0.05, 0) is 12.8 Å². The molecule has 0 aromatic rings. The van der Waals surface area contributed by atoms with E-state index in [0.29, 0.717) is 23.9 Å². The summed E-state index contributed by atoms with van der Waals surface area (Å²) in [5.41, 5.74) is 0. The summed E-state index contributed by atoms with van der Waals surface area (Å²) in [6, 6.07) is -0.750. The molecule has 3 unspecified atom stereocenters. The molecule has 0 aliphatic heterocycles. The monoisotopic (exact) mass is 678 g/mol. The number of phosphoric acid groups is 1. The van der Waals surface area contributed by atoms with E-state index in [1.165, 1.54) is 116 Å². The molecule has 0 aliphatic rings. The highest BCUT2D eigenvalue weighted by atomic mass is 31.2. The van der Waals surface area contributed by atoms with Gasteiger partial charge in [0.25, 0.3) is 0 Å². The summed E-state index contributed by atoms with van der Waals surface area (Å²) in [6.45, 7) is 4.86. The van der Waals surface area contributed by atoms with E-state index >= 15 is 0 Å². The van der Waals surface area contributed by atoms with Crippen molar-refractivity contribution < 1.29 is 32.9 Å². The first-order valence-corrected chi connectivity index (χ1v) is 20.9. The van der Waals surface area contributed by atoms with E-state index in [1.54, 1.807) is 0 Å². The fraction of sp³-hybridized carbons (Fsp3) is 0.973. The van der Waals surface area contributed by atoms with Crippen molar-refractivity contribution in [2.75, 3.05) is 40.9 Å². The molecule has 0 aliphatic carbocycles. The quantitative estimate of drug-likeness (QED) is 0.0350. The molecule has 0 aromatic heterocycles. The third-order valence-corrected chi connectivity index (χ3v) is 9.84. The Bertz CT molecular complexity index is 733. The number of quaternary nitrogens is 1. The van der Waals surface area contributed by atoms with Gasteiger partial charge in [-0.15, -0.1) is 0 Å². The summed E-state index contributed by atoms with van der Waals surface area (Å²) < 4.78 is 23.5. The number of phosphoric ester groups is 1. The molecule has 0 rings (SSSR count). The maximum atomic E-state index is 12.7. The Kier molecular flexibility index (Phi) is 30.2. The summed E-state index contributed by atoms with van der Waals surface area (Å²) in [4.78, 5) is 22.9. The summed E-state index contributed by atoms with van der Waals surface area (Å²) in [5.74, 6) is -0.147. The van der Waals surface area contributed by atoms with Crippen LogP contribution < -0.4 is 5.32 Å². The smallest absolute Gasteiger partial charge is 0.391 e. The number of aliphatic hydroxyl groups is 1. The van der Waals surface area contributed by atoms with Crippen LogP contribution in [0.15, 0.2) is 0 Å². The molecule has 0 bridgehead atoms. The number of rotatable bonds is 35. The van der Waals surface area contributed by atoms with Crippen LogP contribution in [0.3, 0.4) is 0 Å². The third kappa shape index (κ3) is 32.1. The van der Waals surface area contributed by atoms with Gasteiger partial charge in [-0.3, -0.25) is 13.8 Å². The lowest BCUT2D eigenvalue weighted by atomic mass is 10.0. The molecule has 0 saturated carbocycles. The summed E-state index contributed by atoms with van der Waals surface area (Å²) in [5, 5.41) is 13.9. The highest BCUT2D eigenvalue weighted by Gasteiger charge is 2.28. The van der Waals surface area contributed by atoms with Crippen molar-refractivity contribution in [1.82, 2.24) is 5.32 Å². The molecular weight excluding hydrogens is 599 g/mol. The minimum atomic E-state index is -4.30. The minimum Gasteiger partial charge on any atom is -0.391 e. The zero-order valence-electron chi connectivity index (χ0n) is 31.1. The van der Waals surface area contributed by atoms with Crippen LogP contribution in [-0.2, 0) is 18.4 Å². The van der Waals surface area contributed by atoms with Gasteiger partial charge in [0.2, 0.25) is 5.91 Å². The number of hydrogen-bond acceptors (Lipinski definition) is 5. The van der Waals surface area contributed by atoms with Crippen LogP contribution in [0.2, 0.25) is 0 Å². The highest BCUT2D eigenvalue weighted by molar-refractivity contribution is 7.47. The topological polar surface area (TPSA) is 105 Å². The molecule has 8 nitrogen and oxygen atoms in total. The fourth-order valence-electron chi connectivity index (χ4n) is 5.69. The minimum absolute atomic E-state index is 0.0780. The van der Waals surface area contributed by atoms with Crippen molar-refractivity contribution in [3.05, 3.63) is 0 Å². The van der Waals surface area contributed by atoms with Gasteiger partial charge in [0.1, 0.15) is 13.2 Å². The summed E-state index contributed by atoms with van der Waals surface area (Å²) in [6.07, 6.45) is 29.8. The molecule has 276 valence electrons. The number of hydrogen-bond donors (Lipinski definition) is 3. The standard InChI is InChI=1S/C37H77N2O6P/c1-6-8-10-12-14-16-17-18-19-20-21-23-24-26-28-30-36(40)35(34-45-46(42,43)44-33-32-39(3,4)5)38-37(41)31-29-27-25-22-15-13-11-9-7-2/h35-36,40H,6-34H2,1-5H3,(H-,38,41,42,43)/p+1. The van der Waals surface area contributed by atoms with Gasteiger partial charge >= 0.3 is 7.82 Å². The highest BCUT2D eigenvalue weighted by Crippen LogP contribution is 2.43. The molecule has 9 heteroatoms. The van der Waals surface area contributed by atoms with Crippen LogP contribution >= 0.6 is 7.82 Å². The first kappa shape index (κ1) is 45.5. The predicted octanol–water partition coefficient (Wildman–Crippen LogP) is 9.85. The Hall–Kier alpha value is -0.500. The number of likely N-dealkylation sites (N-methyl/N-ethyl adjacent to an activating group) is 1. The van der Waals surface area contributed by atoms with E-state index in [0.717, 1.165) is 38.5 Å². The average Bonchev–Trinajstić information content (AvgIpc) is 2.99. The molecule has 0 saturated heterocycles. The van der Waals surface area contributed by atoms with Gasteiger partial charge in [0.05, 0.1) is 39.9 Å². The zero-order valence-corrected chi connectivity index (χ0v) is 32.0. The van der Waals surface area contributed by atoms with Crippen LogP contribution in [0, 0.1) is 0 Å². The van der Waals surface area contributed by atoms with Crippen molar-refractivity contribution in [3.8, 4) is 0 Å². The Labute approximate surface area is 285 Å². The van der Waals surface area contributed by atoms with E-state index in [4.69, 9.17) is 9.05 Å². The van der Waals surface area contributed by atoms with E-state index in [1.807, 2.05) is 21.1 Å². The average molecular weight is 678 g/mol. The maximum absolute atomic E-state index is 12.7. The van der Waals surface area contributed by atoms with Crippen molar-refractivity contribution in [1.29, 1.82) is 0 Å². The third-order valence-electron chi connectivity index (χ3n) is 8.86. The number of unbranched alkanes of at least 4 members (excludes halogenated alkanes) is 22. The lowest BCUT2D eigenvalue weighted by Gasteiger charge is -2.26. The predicted molar refractivity (Wildman–Crippen MR) is 194 cm³/mol. The van der Waals surface area contributed by atoms with Crippen LogP contribution in [0.1, 0.15) is 181 Å². The second kappa shape index (κ2) is 30.6. The number of carbonyl (C=O) groups excluding carboxylic acids is 1. The molecule has 3 atom stereocenters. The van der Waals surface area contributed by atoms with E-state index < -0.39 is 20.0 Å². The van der Waals surface area contributed by atoms with E-state index in [9.17, 15) is 19.4 Å². The first-order chi connectivity index (χ1) is 22.0. The van der Waals surface area contributed by atoms with Gasteiger partial charge < -0.3 is 19.8 Å². The summed E-state index contributed by atoms with van der Waals surface area (Å²) >= 11 is 0. The van der Waals surface area contributed by atoms with Crippen molar-refractivity contribution in [2.45, 2.75) is 193 Å².